The Balaban J connectivity index is 3.02. The van der Waals surface area contributed by atoms with Gasteiger partial charge < -0.3 is 0 Å². The minimum atomic E-state index is 0.942. The molecule has 0 saturated carbocycles. The molecule has 1 atom stereocenters. The van der Waals surface area contributed by atoms with Crippen LogP contribution in [-0.2, 0) is 0 Å². The molecule has 0 spiro atoms. The van der Waals surface area contributed by atoms with Crippen LogP contribution >= 0.6 is 15.9 Å². The van der Waals surface area contributed by atoms with Gasteiger partial charge in [0.05, 0.1) is 0 Å². The first-order chi connectivity index (χ1) is 8.31. The standard InChI is InChI=1S/C16H33Br/c1-3-4-5-6-7-8-9-10-11-13-16(2)14-12-15-17/h16H,3-15H2,1-2H3/t16-/m0/s1. The summed E-state index contributed by atoms with van der Waals surface area (Å²) in [7, 11) is 0. The molecular weight excluding hydrogens is 272 g/mol. The van der Waals surface area contributed by atoms with E-state index in [1.807, 2.05) is 0 Å². The molecule has 0 radical (unpaired) electrons. The van der Waals surface area contributed by atoms with E-state index in [0.29, 0.717) is 0 Å². The van der Waals surface area contributed by atoms with Crippen LogP contribution in [-0.4, -0.2) is 5.33 Å². The van der Waals surface area contributed by atoms with E-state index in [4.69, 9.17) is 0 Å². The Labute approximate surface area is 118 Å². The summed E-state index contributed by atoms with van der Waals surface area (Å²) in [5, 5.41) is 1.18. The number of hydrogen-bond donors (Lipinski definition) is 0. The maximum absolute atomic E-state index is 3.51. The Hall–Kier alpha value is 0.480. The topological polar surface area (TPSA) is 0 Å². The van der Waals surface area contributed by atoms with Gasteiger partial charge in [0, 0.05) is 5.33 Å². The van der Waals surface area contributed by atoms with E-state index in [1.165, 1.54) is 82.4 Å². The number of hydrogen-bond acceptors (Lipinski definition) is 0. The molecule has 0 aliphatic heterocycles. The smallest absolute Gasteiger partial charge is 0.00314 e. The van der Waals surface area contributed by atoms with E-state index in [-0.39, 0.29) is 0 Å². The average Bonchev–Trinajstić information content (AvgIpc) is 2.34. The molecule has 17 heavy (non-hydrogen) atoms. The van der Waals surface area contributed by atoms with Crippen molar-refractivity contribution in [2.45, 2.75) is 90.9 Å². The second kappa shape index (κ2) is 14.5. The molecule has 0 saturated heterocycles. The molecule has 0 aromatic carbocycles. The van der Waals surface area contributed by atoms with Crippen LogP contribution in [0.2, 0.25) is 0 Å². The van der Waals surface area contributed by atoms with Crippen LogP contribution in [0, 0.1) is 5.92 Å². The first-order valence-corrected chi connectivity index (χ1v) is 8.99. The van der Waals surface area contributed by atoms with Crippen molar-refractivity contribution in [3.8, 4) is 0 Å². The second-order valence-corrected chi connectivity index (χ2v) is 6.35. The van der Waals surface area contributed by atoms with Gasteiger partial charge in [0.15, 0.2) is 0 Å². The molecule has 0 fully saturated rings. The highest BCUT2D eigenvalue weighted by molar-refractivity contribution is 9.09. The van der Waals surface area contributed by atoms with Crippen molar-refractivity contribution in [1.29, 1.82) is 0 Å². The Morgan fingerprint density at radius 3 is 1.71 bits per heavy atom. The zero-order valence-electron chi connectivity index (χ0n) is 12.1. The summed E-state index contributed by atoms with van der Waals surface area (Å²) < 4.78 is 0. The minimum absolute atomic E-state index is 0.942. The van der Waals surface area contributed by atoms with Crippen LogP contribution < -0.4 is 0 Å². The van der Waals surface area contributed by atoms with Gasteiger partial charge in [-0.3, -0.25) is 0 Å². The molecular formula is C16H33Br. The van der Waals surface area contributed by atoms with Crippen LogP contribution in [0.15, 0.2) is 0 Å². The predicted octanol–water partition coefficient (Wildman–Crippen LogP) is 6.72. The highest BCUT2D eigenvalue weighted by Crippen LogP contribution is 2.17. The lowest BCUT2D eigenvalue weighted by atomic mass is 9.98. The average molecular weight is 305 g/mol. The summed E-state index contributed by atoms with van der Waals surface area (Å²) in [6, 6.07) is 0. The van der Waals surface area contributed by atoms with Gasteiger partial charge >= 0.3 is 0 Å². The minimum Gasteiger partial charge on any atom is -0.0928 e. The predicted molar refractivity (Wildman–Crippen MR) is 84.0 cm³/mol. The third kappa shape index (κ3) is 14.4. The van der Waals surface area contributed by atoms with Crippen LogP contribution in [0.25, 0.3) is 0 Å². The third-order valence-corrected chi connectivity index (χ3v) is 4.19. The largest absolute Gasteiger partial charge is 0.0928 e. The molecule has 0 amide bonds. The van der Waals surface area contributed by atoms with E-state index >= 15 is 0 Å². The zero-order chi connectivity index (χ0) is 12.8. The van der Waals surface area contributed by atoms with Gasteiger partial charge in [-0.15, -0.1) is 0 Å². The molecule has 0 N–H and O–H groups in total. The van der Waals surface area contributed by atoms with E-state index in [9.17, 15) is 0 Å². The zero-order valence-corrected chi connectivity index (χ0v) is 13.7. The molecule has 0 aliphatic carbocycles. The highest BCUT2D eigenvalue weighted by Gasteiger charge is 2.01. The quantitative estimate of drug-likeness (QED) is 0.262. The fraction of sp³-hybridized carbons (Fsp3) is 1.00. The van der Waals surface area contributed by atoms with Crippen LogP contribution in [0.1, 0.15) is 90.9 Å². The van der Waals surface area contributed by atoms with Crippen molar-refractivity contribution >= 4 is 15.9 Å². The van der Waals surface area contributed by atoms with E-state index in [2.05, 4.69) is 29.8 Å². The highest BCUT2D eigenvalue weighted by atomic mass is 79.9. The van der Waals surface area contributed by atoms with Crippen LogP contribution in [0.5, 0.6) is 0 Å². The third-order valence-electron chi connectivity index (χ3n) is 3.63. The molecule has 0 rings (SSSR count). The lowest BCUT2D eigenvalue weighted by Gasteiger charge is -2.09. The molecule has 0 aliphatic rings. The van der Waals surface area contributed by atoms with Crippen LogP contribution in [0.3, 0.4) is 0 Å². The van der Waals surface area contributed by atoms with Gasteiger partial charge in [0.2, 0.25) is 0 Å². The van der Waals surface area contributed by atoms with Crippen molar-refractivity contribution in [1.82, 2.24) is 0 Å². The second-order valence-electron chi connectivity index (χ2n) is 5.55. The lowest BCUT2D eigenvalue weighted by molar-refractivity contribution is 0.452. The molecule has 1 heteroatoms. The fourth-order valence-corrected chi connectivity index (χ4v) is 2.70. The molecule has 104 valence electrons. The summed E-state index contributed by atoms with van der Waals surface area (Å²) in [5.41, 5.74) is 0. The van der Waals surface area contributed by atoms with Gasteiger partial charge in [0.1, 0.15) is 0 Å². The molecule has 0 bridgehead atoms. The Bertz CT molecular complexity index is 133. The van der Waals surface area contributed by atoms with E-state index < -0.39 is 0 Å². The first kappa shape index (κ1) is 17.5. The van der Waals surface area contributed by atoms with Crippen molar-refractivity contribution in [2.75, 3.05) is 5.33 Å². The molecule has 0 unspecified atom stereocenters. The lowest BCUT2D eigenvalue weighted by Crippen LogP contribution is -1.95. The van der Waals surface area contributed by atoms with E-state index in [1.54, 1.807) is 0 Å². The van der Waals surface area contributed by atoms with Gasteiger partial charge in [-0.25, -0.2) is 0 Å². The maximum atomic E-state index is 3.51. The van der Waals surface area contributed by atoms with Crippen molar-refractivity contribution < 1.29 is 0 Å². The van der Waals surface area contributed by atoms with Crippen LogP contribution in [0.4, 0.5) is 0 Å². The summed E-state index contributed by atoms with van der Waals surface area (Å²) in [6.07, 6.45) is 17.3. The Morgan fingerprint density at radius 2 is 1.18 bits per heavy atom. The number of halogens is 1. The molecule has 0 aromatic heterocycles. The Kier molecular flexibility index (Phi) is 15.0. The van der Waals surface area contributed by atoms with Crippen molar-refractivity contribution in [2.24, 2.45) is 5.92 Å². The summed E-state index contributed by atoms with van der Waals surface area (Å²) in [5.74, 6) is 0.942. The fourth-order valence-electron chi connectivity index (χ4n) is 2.37. The normalized spacial score (nSPS) is 12.9. The van der Waals surface area contributed by atoms with E-state index in [0.717, 1.165) is 5.92 Å². The summed E-state index contributed by atoms with van der Waals surface area (Å²) in [6.45, 7) is 4.70. The van der Waals surface area contributed by atoms with Gasteiger partial charge in [0.25, 0.3) is 0 Å². The van der Waals surface area contributed by atoms with Gasteiger partial charge in [-0.2, -0.15) is 0 Å². The summed E-state index contributed by atoms with van der Waals surface area (Å²) >= 11 is 3.51. The van der Waals surface area contributed by atoms with Crippen molar-refractivity contribution in [3.05, 3.63) is 0 Å². The molecule has 0 nitrogen and oxygen atoms in total. The number of unbranched alkanes of at least 4 members (excludes halogenated alkanes) is 8. The first-order valence-electron chi connectivity index (χ1n) is 7.87. The number of rotatable bonds is 13. The maximum Gasteiger partial charge on any atom is 0.00314 e. The van der Waals surface area contributed by atoms with Gasteiger partial charge in [-0.05, 0) is 18.8 Å². The molecule has 0 aromatic rings. The Morgan fingerprint density at radius 1 is 0.706 bits per heavy atom. The monoisotopic (exact) mass is 304 g/mol. The number of alkyl halides is 1. The molecule has 0 heterocycles. The SMILES string of the molecule is CCCCCCCCCCC[C@H](C)CCCBr. The van der Waals surface area contributed by atoms with Crippen molar-refractivity contribution in [3.63, 3.8) is 0 Å². The van der Waals surface area contributed by atoms with Gasteiger partial charge in [-0.1, -0.05) is 94.0 Å². The summed E-state index contributed by atoms with van der Waals surface area (Å²) in [4.78, 5) is 0.